The van der Waals surface area contributed by atoms with Crippen LogP contribution in [0.3, 0.4) is 0 Å². The Morgan fingerprint density at radius 3 is 2.48 bits per heavy atom. The first-order chi connectivity index (χ1) is 10.0. The van der Waals surface area contributed by atoms with Crippen LogP contribution in [0.15, 0.2) is 12.1 Å². The maximum atomic E-state index is 3.80. The minimum atomic E-state index is 0.568. The van der Waals surface area contributed by atoms with Gasteiger partial charge in [0.15, 0.2) is 0 Å². The molecule has 0 bridgehead atoms. The molecule has 118 valence electrons. The molecule has 1 N–H and O–H groups in total. The third-order valence-electron chi connectivity index (χ3n) is 4.82. The summed E-state index contributed by atoms with van der Waals surface area (Å²) in [4.78, 5) is 0. The van der Waals surface area contributed by atoms with E-state index >= 15 is 0 Å². The molecule has 0 fully saturated rings. The number of benzene rings is 1. The van der Waals surface area contributed by atoms with Gasteiger partial charge in [0.1, 0.15) is 0 Å². The molecule has 0 saturated carbocycles. The molecular formula is C20H33N. The van der Waals surface area contributed by atoms with Gasteiger partial charge in [-0.15, -0.1) is 0 Å². The minimum absolute atomic E-state index is 0.568. The van der Waals surface area contributed by atoms with E-state index in [1.54, 1.807) is 16.7 Å². The summed E-state index contributed by atoms with van der Waals surface area (Å²) < 4.78 is 0. The lowest BCUT2D eigenvalue weighted by Gasteiger charge is -2.24. The molecule has 1 nitrogen and oxygen atoms in total. The van der Waals surface area contributed by atoms with Crippen molar-refractivity contribution in [3.63, 3.8) is 0 Å². The zero-order valence-electron chi connectivity index (χ0n) is 14.6. The quantitative estimate of drug-likeness (QED) is 0.685. The predicted molar refractivity (Wildman–Crippen MR) is 93.2 cm³/mol. The van der Waals surface area contributed by atoms with Gasteiger partial charge in [0.2, 0.25) is 0 Å². The molecule has 0 amide bonds. The van der Waals surface area contributed by atoms with Crippen molar-refractivity contribution in [1.29, 1.82) is 0 Å². The van der Waals surface area contributed by atoms with Crippen molar-refractivity contribution in [2.75, 3.05) is 6.54 Å². The van der Waals surface area contributed by atoms with Gasteiger partial charge in [0, 0.05) is 6.04 Å². The molecule has 0 aliphatic heterocycles. The van der Waals surface area contributed by atoms with E-state index in [0.717, 1.165) is 6.54 Å². The fourth-order valence-electron chi connectivity index (χ4n) is 3.53. The van der Waals surface area contributed by atoms with Crippen molar-refractivity contribution in [1.82, 2.24) is 5.32 Å². The molecular weight excluding hydrogens is 254 g/mol. The fourth-order valence-corrected chi connectivity index (χ4v) is 3.53. The second-order valence-electron chi connectivity index (χ2n) is 7.24. The first-order valence-corrected chi connectivity index (χ1v) is 8.94. The highest BCUT2D eigenvalue weighted by atomic mass is 14.9. The Balaban J connectivity index is 2.49. The first kappa shape index (κ1) is 16.5. The summed E-state index contributed by atoms with van der Waals surface area (Å²) in [6.07, 6.45) is 6.48. The molecule has 0 heterocycles. The van der Waals surface area contributed by atoms with Crippen LogP contribution in [0.2, 0.25) is 0 Å². The summed E-state index contributed by atoms with van der Waals surface area (Å²) in [5.74, 6) is 1.24. The van der Waals surface area contributed by atoms with Gasteiger partial charge in [-0.05, 0) is 66.3 Å². The van der Waals surface area contributed by atoms with Gasteiger partial charge in [-0.2, -0.15) is 0 Å². The summed E-state index contributed by atoms with van der Waals surface area (Å²) in [7, 11) is 0. The third kappa shape index (κ3) is 3.88. The van der Waals surface area contributed by atoms with Crippen LogP contribution in [0.25, 0.3) is 0 Å². The van der Waals surface area contributed by atoms with Crippen molar-refractivity contribution in [3.8, 4) is 0 Å². The highest BCUT2D eigenvalue weighted by molar-refractivity contribution is 5.44. The maximum Gasteiger partial charge on any atom is 0.0323 e. The Kier molecular flexibility index (Phi) is 5.87. The highest BCUT2D eigenvalue weighted by Crippen LogP contribution is 2.36. The highest BCUT2D eigenvalue weighted by Gasteiger charge is 2.22. The zero-order chi connectivity index (χ0) is 15.4. The van der Waals surface area contributed by atoms with E-state index < -0.39 is 0 Å². The zero-order valence-corrected chi connectivity index (χ0v) is 14.6. The van der Waals surface area contributed by atoms with Gasteiger partial charge >= 0.3 is 0 Å². The van der Waals surface area contributed by atoms with Gasteiger partial charge in [-0.25, -0.2) is 0 Å². The van der Waals surface area contributed by atoms with Crippen LogP contribution in [0, 0.1) is 0 Å². The smallest absolute Gasteiger partial charge is 0.0323 e. The standard InChI is InChI=1S/C20H33N/c1-6-11-21-20-10-8-7-9-17-18(15(4)5)12-16(14(2)3)13-19(17)20/h12-15,20-21H,6-11H2,1-5H3. The number of fused-ring (bicyclic) bond motifs is 1. The number of hydrogen-bond donors (Lipinski definition) is 1. The Morgan fingerprint density at radius 2 is 1.86 bits per heavy atom. The van der Waals surface area contributed by atoms with Crippen LogP contribution < -0.4 is 5.32 Å². The molecule has 1 aliphatic carbocycles. The topological polar surface area (TPSA) is 12.0 Å². The SMILES string of the molecule is CCCNC1CCCCc2c(C(C)C)cc(C(C)C)cc21. The second kappa shape index (κ2) is 7.45. The molecule has 0 aromatic heterocycles. The Bertz CT molecular complexity index is 459. The molecule has 1 atom stereocenters. The Labute approximate surface area is 131 Å². The lowest BCUT2D eigenvalue weighted by Crippen LogP contribution is -2.23. The van der Waals surface area contributed by atoms with Crippen molar-refractivity contribution >= 4 is 0 Å². The van der Waals surface area contributed by atoms with Crippen LogP contribution in [0.4, 0.5) is 0 Å². The molecule has 1 aliphatic rings. The third-order valence-corrected chi connectivity index (χ3v) is 4.82. The van der Waals surface area contributed by atoms with E-state index in [0.29, 0.717) is 17.9 Å². The van der Waals surface area contributed by atoms with Gasteiger partial charge in [0.05, 0.1) is 0 Å². The molecule has 2 rings (SSSR count). The average Bonchev–Trinajstić information content (AvgIpc) is 2.65. The lowest BCUT2D eigenvalue weighted by molar-refractivity contribution is 0.489. The summed E-state index contributed by atoms with van der Waals surface area (Å²) in [5, 5.41) is 3.80. The van der Waals surface area contributed by atoms with Gasteiger partial charge in [-0.3, -0.25) is 0 Å². The summed E-state index contributed by atoms with van der Waals surface area (Å²) in [5.41, 5.74) is 6.38. The molecule has 1 heteroatoms. The average molecular weight is 287 g/mol. The monoisotopic (exact) mass is 287 g/mol. The molecule has 1 aromatic rings. The van der Waals surface area contributed by atoms with E-state index in [1.807, 2.05) is 0 Å². The Hall–Kier alpha value is -0.820. The van der Waals surface area contributed by atoms with Gasteiger partial charge in [-0.1, -0.05) is 53.2 Å². The second-order valence-corrected chi connectivity index (χ2v) is 7.24. The number of nitrogens with one attached hydrogen (secondary N) is 1. The first-order valence-electron chi connectivity index (χ1n) is 8.94. The van der Waals surface area contributed by atoms with E-state index in [2.05, 4.69) is 52.1 Å². The number of rotatable bonds is 5. The summed E-state index contributed by atoms with van der Waals surface area (Å²) in [6.45, 7) is 12.7. The molecule has 0 spiro atoms. The van der Waals surface area contributed by atoms with Crippen LogP contribution in [0.1, 0.15) is 100 Å². The molecule has 21 heavy (non-hydrogen) atoms. The van der Waals surface area contributed by atoms with Crippen LogP contribution >= 0.6 is 0 Å². The molecule has 0 saturated heterocycles. The van der Waals surface area contributed by atoms with Gasteiger partial charge < -0.3 is 5.32 Å². The van der Waals surface area contributed by atoms with Crippen LogP contribution in [-0.4, -0.2) is 6.54 Å². The van der Waals surface area contributed by atoms with Crippen LogP contribution in [0.5, 0.6) is 0 Å². The molecule has 1 unspecified atom stereocenters. The minimum Gasteiger partial charge on any atom is -0.310 e. The normalized spacial score (nSPS) is 18.9. The Morgan fingerprint density at radius 1 is 1.10 bits per heavy atom. The van der Waals surface area contributed by atoms with E-state index in [9.17, 15) is 0 Å². The van der Waals surface area contributed by atoms with Crippen molar-refractivity contribution < 1.29 is 0 Å². The maximum absolute atomic E-state index is 3.80. The lowest BCUT2D eigenvalue weighted by atomic mass is 9.85. The summed E-state index contributed by atoms with van der Waals surface area (Å²) >= 11 is 0. The summed E-state index contributed by atoms with van der Waals surface area (Å²) in [6, 6.07) is 5.56. The van der Waals surface area contributed by atoms with E-state index in [1.165, 1.54) is 37.7 Å². The molecule has 1 aromatic carbocycles. The van der Waals surface area contributed by atoms with E-state index in [4.69, 9.17) is 0 Å². The van der Waals surface area contributed by atoms with Crippen molar-refractivity contribution in [2.24, 2.45) is 0 Å². The van der Waals surface area contributed by atoms with Crippen molar-refractivity contribution in [3.05, 3.63) is 34.4 Å². The van der Waals surface area contributed by atoms with Crippen molar-refractivity contribution in [2.45, 2.75) is 84.6 Å². The fraction of sp³-hybridized carbons (Fsp3) is 0.700. The van der Waals surface area contributed by atoms with Gasteiger partial charge in [0.25, 0.3) is 0 Å². The van der Waals surface area contributed by atoms with Crippen LogP contribution in [-0.2, 0) is 6.42 Å². The van der Waals surface area contributed by atoms with E-state index in [-0.39, 0.29) is 0 Å². The predicted octanol–water partition coefficient (Wildman–Crippen LogP) is 5.70. The largest absolute Gasteiger partial charge is 0.310 e. The number of hydrogen-bond acceptors (Lipinski definition) is 1. The molecule has 0 radical (unpaired) electrons.